The van der Waals surface area contributed by atoms with Crippen LogP contribution in [0.25, 0.3) is 0 Å². The Labute approximate surface area is 141 Å². The SMILES string of the molecule is CC(C)(C)C(=O)OCCCCC1CCN(C(=O)C(C)(C)C)CC1. The van der Waals surface area contributed by atoms with Gasteiger partial charge < -0.3 is 9.64 Å². The number of piperidine rings is 1. The van der Waals surface area contributed by atoms with Crippen molar-refractivity contribution in [2.45, 2.75) is 73.6 Å². The van der Waals surface area contributed by atoms with Crippen LogP contribution in [0.2, 0.25) is 0 Å². The van der Waals surface area contributed by atoms with Gasteiger partial charge in [0.15, 0.2) is 0 Å². The lowest BCUT2D eigenvalue weighted by atomic mass is 9.89. The molecule has 1 aliphatic rings. The van der Waals surface area contributed by atoms with E-state index in [2.05, 4.69) is 0 Å². The van der Waals surface area contributed by atoms with E-state index in [-0.39, 0.29) is 17.3 Å². The molecule has 0 aromatic heterocycles. The first-order chi connectivity index (χ1) is 10.5. The Hall–Kier alpha value is -1.06. The third-order valence-electron chi connectivity index (χ3n) is 4.40. The molecule has 1 aliphatic heterocycles. The minimum absolute atomic E-state index is 0.119. The molecule has 1 heterocycles. The van der Waals surface area contributed by atoms with Crippen molar-refractivity contribution in [3.8, 4) is 0 Å². The van der Waals surface area contributed by atoms with Gasteiger partial charge >= 0.3 is 5.97 Å². The molecular formula is C19H35NO3. The van der Waals surface area contributed by atoms with E-state index in [4.69, 9.17) is 4.74 Å². The van der Waals surface area contributed by atoms with Crippen LogP contribution in [0.1, 0.15) is 73.6 Å². The van der Waals surface area contributed by atoms with Gasteiger partial charge in [0.2, 0.25) is 5.91 Å². The highest BCUT2D eigenvalue weighted by Crippen LogP contribution is 2.26. The summed E-state index contributed by atoms with van der Waals surface area (Å²) < 4.78 is 5.29. The van der Waals surface area contributed by atoms with E-state index in [0.717, 1.165) is 38.8 Å². The highest BCUT2D eigenvalue weighted by molar-refractivity contribution is 5.81. The van der Waals surface area contributed by atoms with Crippen LogP contribution in [0.4, 0.5) is 0 Å². The van der Waals surface area contributed by atoms with Gasteiger partial charge in [-0.05, 0) is 52.4 Å². The standard InChI is InChI=1S/C19H35NO3/c1-18(2,3)16(21)20-12-10-15(11-13-20)9-7-8-14-23-17(22)19(4,5)6/h15H,7-14H2,1-6H3. The summed E-state index contributed by atoms with van der Waals surface area (Å²) in [6.07, 6.45) is 5.40. The molecule has 0 N–H and O–H groups in total. The van der Waals surface area contributed by atoms with E-state index in [1.165, 1.54) is 6.42 Å². The van der Waals surface area contributed by atoms with Crippen molar-refractivity contribution >= 4 is 11.9 Å². The first-order valence-electron chi connectivity index (χ1n) is 8.98. The molecule has 23 heavy (non-hydrogen) atoms. The summed E-state index contributed by atoms with van der Waals surface area (Å²) in [5.41, 5.74) is -0.684. The summed E-state index contributed by atoms with van der Waals surface area (Å²) in [7, 11) is 0. The second-order valence-electron chi connectivity index (χ2n) is 8.87. The Bertz CT molecular complexity index is 396. The number of carbonyl (C=O) groups is 2. The third kappa shape index (κ3) is 6.92. The molecule has 1 fully saturated rings. The molecule has 0 aromatic rings. The summed E-state index contributed by atoms with van der Waals surface area (Å²) in [5.74, 6) is 0.855. The van der Waals surface area contributed by atoms with Crippen LogP contribution >= 0.6 is 0 Å². The average molecular weight is 325 g/mol. The van der Waals surface area contributed by atoms with Crippen molar-refractivity contribution < 1.29 is 14.3 Å². The van der Waals surface area contributed by atoms with Crippen molar-refractivity contribution in [2.24, 2.45) is 16.7 Å². The second-order valence-corrected chi connectivity index (χ2v) is 8.87. The van der Waals surface area contributed by atoms with Crippen molar-refractivity contribution in [3.63, 3.8) is 0 Å². The van der Waals surface area contributed by atoms with Gasteiger partial charge in [-0.3, -0.25) is 9.59 Å². The molecule has 0 aromatic carbocycles. The molecule has 0 spiro atoms. The number of hydrogen-bond donors (Lipinski definition) is 0. The fourth-order valence-electron chi connectivity index (χ4n) is 2.82. The predicted molar refractivity (Wildman–Crippen MR) is 93.0 cm³/mol. The quantitative estimate of drug-likeness (QED) is 0.566. The van der Waals surface area contributed by atoms with Crippen LogP contribution in [0, 0.1) is 16.7 Å². The summed E-state index contributed by atoms with van der Waals surface area (Å²) in [6, 6.07) is 0. The third-order valence-corrected chi connectivity index (χ3v) is 4.40. The van der Waals surface area contributed by atoms with Crippen molar-refractivity contribution in [1.29, 1.82) is 0 Å². The Kier molecular flexibility index (Phi) is 7.09. The fraction of sp³-hybridized carbons (Fsp3) is 0.895. The Morgan fingerprint density at radius 3 is 2.00 bits per heavy atom. The van der Waals surface area contributed by atoms with E-state index in [1.807, 2.05) is 46.4 Å². The van der Waals surface area contributed by atoms with Gasteiger partial charge in [0.1, 0.15) is 0 Å². The van der Waals surface area contributed by atoms with Crippen LogP contribution in [0.15, 0.2) is 0 Å². The number of carbonyl (C=O) groups excluding carboxylic acids is 2. The topological polar surface area (TPSA) is 46.6 Å². The lowest BCUT2D eigenvalue weighted by molar-refractivity contribution is -0.153. The van der Waals surface area contributed by atoms with Crippen LogP contribution in [-0.2, 0) is 14.3 Å². The number of unbranched alkanes of at least 4 members (excludes halogenated alkanes) is 1. The van der Waals surface area contributed by atoms with Gasteiger partial charge in [0.05, 0.1) is 12.0 Å². The zero-order chi connectivity index (χ0) is 17.7. The molecule has 1 saturated heterocycles. The summed E-state index contributed by atoms with van der Waals surface area (Å²) in [4.78, 5) is 25.9. The van der Waals surface area contributed by atoms with Gasteiger partial charge in [-0.15, -0.1) is 0 Å². The molecule has 134 valence electrons. The molecule has 0 bridgehead atoms. The number of ether oxygens (including phenoxy) is 1. The van der Waals surface area contributed by atoms with Crippen molar-refractivity contribution in [3.05, 3.63) is 0 Å². The molecule has 4 nitrogen and oxygen atoms in total. The van der Waals surface area contributed by atoms with Crippen LogP contribution in [0.3, 0.4) is 0 Å². The van der Waals surface area contributed by atoms with E-state index in [0.29, 0.717) is 12.5 Å². The zero-order valence-electron chi connectivity index (χ0n) is 15.9. The van der Waals surface area contributed by atoms with Crippen molar-refractivity contribution in [2.75, 3.05) is 19.7 Å². The molecule has 0 saturated carbocycles. The minimum atomic E-state index is -0.410. The lowest BCUT2D eigenvalue weighted by Gasteiger charge is -2.35. The highest BCUT2D eigenvalue weighted by atomic mass is 16.5. The second kappa shape index (κ2) is 8.16. The maximum atomic E-state index is 12.2. The van der Waals surface area contributed by atoms with Crippen LogP contribution in [-0.4, -0.2) is 36.5 Å². The summed E-state index contributed by atoms with van der Waals surface area (Å²) in [5, 5.41) is 0. The van der Waals surface area contributed by atoms with Gasteiger partial charge in [0, 0.05) is 18.5 Å². The molecule has 1 rings (SSSR count). The molecule has 0 unspecified atom stereocenters. The lowest BCUT2D eigenvalue weighted by Crippen LogP contribution is -2.44. The average Bonchev–Trinajstić information content (AvgIpc) is 2.44. The van der Waals surface area contributed by atoms with E-state index in [9.17, 15) is 9.59 Å². The monoisotopic (exact) mass is 325 g/mol. The molecule has 0 radical (unpaired) electrons. The number of amides is 1. The Morgan fingerprint density at radius 1 is 0.957 bits per heavy atom. The van der Waals surface area contributed by atoms with Gasteiger partial charge in [-0.1, -0.05) is 27.2 Å². The first kappa shape index (κ1) is 20.0. The summed E-state index contributed by atoms with van der Waals surface area (Å²) in [6.45, 7) is 13.9. The maximum Gasteiger partial charge on any atom is 0.311 e. The number of esters is 1. The molecular weight excluding hydrogens is 290 g/mol. The normalized spacial score (nSPS) is 17.2. The van der Waals surface area contributed by atoms with Gasteiger partial charge in [-0.25, -0.2) is 0 Å². The predicted octanol–water partition coefficient (Wildman–Crippen LogP) is 4.03. The highest BCUT2D eigenvalue weighted by Gasteiger charge is 2.30. The molecule has 4 heteroatoms. The van der Waals surface area contributed by atoms with E-state index < -0.39 is 5.41 Å². The Balaban J connectivity index is 2.16. The van der Waals surface area contributed by atoms with Crippen LogP contribution < -0.4 is 0 Å². The fourth-order valence-corrected chi connectivity index (χ4v) is 2.82. The molecule has 0 atom stereocenters. The first-order valence-corrected chi connectivity index (χ1v) is 8.98. The number of hydrogen-bond acceptors (Lipinski definition) is 3. The minimum Gasteiger partial charge on any atom is -0.465 e. The number of nitrogens with zero attached hydrogens (tertiary/aromatic N) is 1. The summed E-state index contributed by atoms with van der Waals surface area (Å²) >= 11 is 0. The number of rotatable bonds is 5. The largest absolute Gasteiger partial charge is 0.465 e. The van der Waals surface area contributed by atoms with Crippen LogP contribution in [0.5, 0.6) is 0 Å². The van der Waals surface area contributed by atoms with Gasteiger partial charge in [0.25, 0.3) is 0 Å². The molecule has 0 aliphatic carbocycles. The maximum absolute atomic E-state index is 12.2. The Morgan fingerprint density at radius 2 is 1.52 bits per heavy atom. The molecule has 1 amide bonds. The van der Waals surface area contributed by atoms with E-state index >= 15 is 0 Å². The van der Waals surface area contributed by atoms with Crippen molar-refractivity contribution in [1.82, 2.24) is 4.90 Å². The zero-order valence-corrected chi connectivity index (χ0v) is 15.9. The van der Waals surface area contributed by atoms with Gasteiger partial charge in [-0.2, -0.15) is 0 Å². The van der Waals surface area contributed by atoms with E-state index in [1.54, 1.807) is 0 Å². The smallest absolute Gasteiger partial charge is 0.311 e. The number of likely N-dealkylation sites (tertiary alicyclic amines) is 1.